The average molecular weight is 498 g/mol. The van der Waals surface area contributed by atoms with Gasteiger partial charge in [0.2, 0.25) is 11.8 Å². The first-order valence-electron chi connectivity index (χ1n) is 13.6. The van der Waals surface area contributed by atoms with E-state index in [2.05, 4.69) is 11.8 Å². The maximum Gasteiger partial charge on any atom is 0.249 e. The predicted octanol–water partition coefficient (Wildman–Crippen LogP) is 2.88. The van der Waals surface area contributed by atoms with E-state index in [0.717, 1.165) is 63.2 Å². The molecule has 4 atom stereocenters. The van der Waals surface area contributed by atoms with Gasteiger partial charge in [-0.05, 0) is 61.3 Å². The van der Waals surface area contributed by atoms with E-state index in [1.165, 1.54) is 6.42 Å². The van der Waals surface area contributed by atoms with Crippen molar-refractivity contribution in [3.05, 3.63) is 29.3 Å². The van der Waals surface area contributed by atoms with Gasteiger partial charge in [-0.15, -0.1) is 0 Å². The Morgan fingerprint density at radius 2 is 1.89 bits per heavy atom. The van der Waals surface area contributed by atoms with Crippen LogP contribution in [-0.2, 0) is 19.1 Å². The van der Waals surface area contributed by atoms with Crippen LogP contribution in [0, 0.1) is 11.8 Å². The molecule has 36 heavy (non-hydrogen) atoms. The SMILES string of the molecule is CCC1CCN(c2ccc(C(N)=O)c([C@@H](C(=O)N3C[C@H](OC)[C@H]4OCC(=O)[C@H]43)C3CCCC3)c2)CC1. The largest absolute Gasteiger partial charge is 0.377 e. The fourth-order valence-corrected chi connectivity index (χ4v) is 6.93. The monoisotopic (exact) mass is 497 g/mol. The highest BCUT2D eigenvalue weighted by atomic mass is 16.5. The number of ether oxygens (including phenoxy) is 2. The molecule has 3 saturated heterocycles. The van der Waals surface area contributed by atoms with Crippen LogP contribution in [0.25, 0.3) is 0 Å². The van der Waals surface area contributed by atoms with Crippen molar-refractivity contribution < 1.29 is 23.9 Å². The zero-order chi connectivity index (χ0) is 25.4. The topological polar surface area (TPSA) is 102 Å². The molecule has 2 amide bonds. The summed E-state index contributed by atoms with van der Waals surface area (Å²) in [5.74, 6) is -0.380. The Morgan fingerprint density at radius 1 is 1.17 bits per heavy atom. The van der Waals surface area contributed by atoms with Crippen LogP contribution in [0.3, 0.4) is 0 Å². The van der Waals surface area contributed by atoms with Gasteiger partial charge in [0.15, 0.2) is 5.78 Å². The first-order valence-corrected chi connectivity index (χ1v) is 13.6. The van der Waals surface area contributed by atoms with Crippen molar-refractivity contribution in [3.63, 3.8) is 0 Å². The minimum atomic E-state index is -0.625. The lowest BCUT2D eigenvalue weighted by atomic mass is 9.80. The van der Waals surface area contributed by atoms with Crippen LogP contribution in [-0.4, -0.2) is 74.1 Å². The maximum absolute atomic E-state index is 14.3. The van der Waals surface area contributed by atoms with Gasteiger partial charge in [-0.1, -0.05) is 26.2 Å². The number of methoxy groups -OCH3 is 1. The summed E-state index contributed by atoms with van der Waals surface area (Å²) in [6, 6.07) is 5.16. The molecule has 8 nitrogen and oxygen atoms in total. The number of anilines is 1. The van der Waals surface area contributed by atoms with Gasteiger partial charge in [-0.2, -0.15) is 0 Å². The number of hydrogen-bond acceptors (Lipinski definition) is 6. The van der Waals surface area contributed by atoms with Crippen molar-refractivity contribution in [1.82, 2.24) is 4.90 Å². The molecule has 3 heterocycles. The molecule has 8 heteroatoms. The Labute approximate surface area is 213 Å². The molecule has 0 bridgehead atoms. The van der Waals surface area contributed by atoms with Gasteiger partial charge in [0.1, 0.15) is 24.9 Å². The molecule has 0 spiro atoms. The summed E-state index contributed by atoms with van der Waals surface area (Å²) in [4.78, 5) is 43.7. The summed E-state index contributed by atoms with van der Waals surface area (Å²) < 4.78 is 11.3. The zero-order valence-electron chi connectivity index (χ0n) is 21.5. The number of likely N-dealkylation sites (tertiary alicyclic amines) is 1. The molecule has 196 valence electrons. The Bertz CT molecular complexity index is 999. The van der Waals surface area contributed by atoms with Gasteiger partial charge in [-0.3, -0.25) is 14.4 Å². The Morgan fingerprint density at radius 3 is 2.53 bits per heavy atom. The molecule has 2 N–H and O–H groups in total. The Hall–Kier alpha value is -2.45. The number of ketones is 1. The van der Waals surface area contributed by atoms with E-state index in [0.29, 0.717) is 17.7 Å². The maximum atomic E-state index is 14.3. The van der Waals surface area contributed by atoms with Crippen LogP contribution in [0.4, 0.5) is 5.69 Å². The number of fused-ring (bicyclic) bond motifs is 1. The van der Waals surface area contributed by atoms with Crippen molar-refractivity contribution in [2.45, 2.75) is 76.0 Å². The van der Waals surface area contributed by atoms with Crippen LogP contribution >= 0.6 is 0 Å². The number of nitrogens with zero attached hydrogens (tertiary/aromatic N) is 2. The minimum absolute atomic E-state index is 0.00278. The molecular formula is C28H39N3O5. The van der Waals surface area contributed by atoms with E-state index in [4.69, 9.17) is 15.2 Å². The smallest absolute Gasteiger partial charge is 0.249 e. The number of carbonyl (C=O) groups excluding carboxylic acids is 3. The number of carbonyl (C=O) groups is 3. The Balaban J connectivity index is 1.52. The number of amides is 2. The third-order valence-electron chi connectivity index (χ3n) is 9.05. The van der Waals surface area contributed by atoms with E-state index in [1.807, 2.05) is 12.1 Å². The fourth-order valence-electron chi connectivity index (χ4n) is 6.93. The summed E-state index contributed by atoms with van der Waals surface area (Å²) in [6.07, 6.45) is 6.66. The van der Waals surface area contributed by atoms with E-state index < -0.39 is 24.0 Å². The Kier molecular flexibility index (Phi) is 7.35. The highest BCUT2D eigenvalue weighted by molar-refractivity contribution is 5.99. The van der Waals surface area contributed by atoms with Crippen molar-refractivity contribution in [1.29, 1.82) is 0 Å². The summed E-state index contributed by atoms with van der Waals surface area (Å²) in [7, 11) is 1.59. The first kappa shape index (κ1) is 25.2. The molecule has 3 aliphatic heterocycles. The van der Waals surface area contributed by atoms with Gasteiger partial charge in [0.25, 0.3) is 0 Å². The molecule has 1 aliphatic carbocycles. The molecule has 1 aromatic carbocycles. The normalized spacial score (nSPS) is 28.1. The van der Waals surface area contributed by atoms with E-state index in [-0.39, 0.29) is 30.3 Å². The summed E-state index contributed by atoms with van der Waals surface area (Å²) in [5, 5.41) is 0. The second-order valence-corrected chi connectivity index (χ2v) is 10.9. The van der Waals surface area contributed by atoms with Crippen molar-refractivity contribution >= 4 is 23.3 Å². The lowest BCUT2D eigenvalue weighted by molar-refractivity contribution is -0.139. The number of benzene rings is 1. The number of rotatable bonds is 7. The summed E-state index contributed by atoms with van der Waals surface area (Å²) in [6.45, 7) is 4.49. The van der Waals surface area contributed by atoms with Crippen LogP contribution < -0.4 is 10.6 Å². The van der Waals surface area contributed by atoms with E-state index in [1.54, 1.807) is 18.1 Å². The molecule has 0 unspecified atom stereocenters. The van der Waals surface area contributed by atoms with Gasteiger partial charge < -0.3 is 25.0 Å². The van der Waals surface area contributed by atoms with Crippen LogP contribution in [0.5, 0.6) is 0 Å². The molecule has 1 saturated carbocycles. The minimum Gasteiger partial charge on any atom is -0.377 e. The lowest BCUT2D eigenvalue weighted by Crippen LogP contribution is -2.45. The molecule has 4 aliphatic rings. The van der Waals surface area contributed by atoms with E-state index >= 15 is 0 Å². The molecule has 0 aromatic heterocycles. The molecular weight excluding hydrogens is 458 g/mol. The number of piperidine rings is 1. The fraction of sp³-hybridized carbons (Fsp3) is 0.679. The van der Waals surface area contributed by atoms with Gasteiger partial charge >= 0.3 is 0 Å². The second kappa shape index (κ2) is 10.5. The number of Topliss-reactive ketones (excluding diaryl/α,β-unsaturated/α-hetero) is 1. The number of hydrogen-bond donors (Lipinski definition) is 1. The molecule has 0 radical (unpaired) electrons. The van der Waals surface area contributed by atoms with Gasteiger partial charge in [-0.25, -0.2) is 0 Å². The second-order valence-electron chi connectivity index (χ2n) is 10.9. The zero-order valence-corrected chi connectivity index (χ0v) is 21.5. The van der Waals surface area contributed by atoms with Crippen LogP contribution in [0.2, 0.25) is 0 Å². The highest BCUT2D eigenvalue weighted by Gasteiger charge is 2.54. The van der Waals surface area contributed by atoms with Gasteiger partial charge in [0.05, 0.1) is 12.5 Å². The molecule has 5 rings (SSSR count). The lowest BCUT2D eigenvalue weighted by Gasteiger charge is -2.35. The standard InChI is InChI=1S/C28H39N3O5/c1-3-17-10-12-30(13-11-17)19-8-9-20(27(29)33)21(14-19)24(18-6-4-5-7-18)28(34)31-15-23(35-2)26-25(31)22(32)16-36-26/h8-9,14,17-18,23-26H,3-7,10-13,15-16H2,1-2H3,(H2,29,33)/t23-,24-,25+,26+/m0/s1. The number of nitrogens with two attached hydrogens (primary N) is 1. The highest BCUT2D eigenvalue weighted by Crippen LogP contribution is 2.43. The predicted molar refractivity (Wildman–Crippen MR) is 136 cm³/mol. The van der Waals surface area contributed by atoms with Crippen molar-refractivity contribution in [3.8, 4) is 0 Å². The molecule has 4 fully saturated rings. The van der Waals surface area contributed by atoms with Crippen LogP contribution in [0.1, 0.15) is 73.7 Å². The average Bonchev–Trinajstić information content (AvgIpc) is 3.63. The van der Waals surface area contributed by atoms with E-state index in [9.17, 15) is 14.4 Å². The first-order chi connectivity index (χ1) is 17.4. The summed E-state index contributed by atoms with van der Waals surface area (Å²) in [5.41, 5.74) is 8.00. The third kappa shape index (κ3) is 4.54. The number of primary amides is 1. The van der Waals surface area contributed by atoms with Crippen molar-refractivity contribution in [2.24, 2.45) is 17.6 Å². The quantitative estimate of drug-likeness (QED) is 0.622. The van der Waals surface area contributed by atoms with Gasteiger partial charge in [0, 0.05) is 31.5 Å². The molecule has 1 aromatic rings. The third-order valence-corrected chi connectivity index (χ3v) is 9.05. The van der Waals surface area contributed by atoms with Crippen molar-refractivity contribution in [2.75, 3.05) is 38.3 Å². The van der Waals surface area contributed by atoms with Crippen LogP contribution in [0.15, 0.2) is 18.2 Å². The summed E-state index contributed by atoms with van der Waals surface area (Å²) >= 11 is 0.